The lowest BCUT2D eigenvalue weighted by Crippen LogP contribution is -2.20. The fourth-order valence-electron chi connectivity index (χ4n) is 3.53. The van der Waals surface area contributed by atoms with Crippen LogP contribution in [0.25, 0.3) is 10.9 Å². The molecule has 0 unspecified atom stereocenters. The maximum absolute atomic E-state index is 12.0. The Morgan fingerprint density at radius 3 is 2.83 bits per heavy atom. The lowest BCUT2D eigenvalue weighted by Gasteiger charge is -2.11. The Balaban J connectivity index is 1.74. The number of benzene rings is 1. The van der Waals surface area contributed by atoms with E-state index in [4.69, 9.17) is 5.11 Å². The maximum atomic E-state index is 12.0. The van der Waals surface area contributed by atoms with Crippen LogP contribution in [0.4, 0.5) is 0 Å². The average Bonchev–Trinajstić information content (AvgIpc) is 2.95. The monoisotopic (exact) mass is 322 g/mol. The molecule has 5 nitrogen and oxygen atoms in total. The van der Waals surface area contributed by atoms with Gasteiger partial charge >= 0.3 is 5.97 Å². The molecule has 0 radical (unpaired) electrons. The second-order valence-electron chi connectivity index (χ2n) is 6.36. The number of fused-ring (bicyclic) bond motifs is 3. The van der Waals surface area contributed by atoms with E-state index >= 15 is 0 Å². The molecule has 0 bridgehead atoms. The molecule has 2 N–H and O–H groups in total. The molecular weight excluding hydrogens is 304 g/mol. The van der Waals surface area contributed by atoms with E-state index in [1.807, 2.05) is 6.07 Å². The quantitative estimate of drug-likeness (QED) is 0.778. The van der Waals surface area contributed by atoms with Crippen LogP contribution in [-0.2, 0) is 19.4 Å². The van der Waals surface area contributed by atoms with Crippen molar-refractivity contribution in [1.82, 2.24) is 9.55 Å². The van der Waals surface area contributed by atoms with E-state index in [1.165, 1.54) is 52.4 Å². The van der Waals surface area contributed by atoms with E-state index in [-0.39, 0.29) is 11.1 Å². The number of H-pyrrole nitrogens is 1. The van der Waals surface area contributed by atoms with Crippen molar-refractivity contribution in [2.45, 2.75) is 32.2 Å². The van der Waals surface area contributed by atoms with Crippen LogP contribution in [0.3, 0.4) is 0 Å². The minimum atomic E-state index is -1.03. The first-order chi connectivity index (χ1) is 11.6. The largest absolute Gasteiger partial charge is 0.478 e. The van der Waals surface area contributed by atoms with E-state index in [2.05, 4.69) is 17.1 Å². The van der Waals surface area contributed by atoms with Crippen molar-refractivity contribution in [3.05, 3.63) is 69.3 Å². The molecular formula is C19H18N2O3. The summed E-state index contributed by atoms with van der Waals surface area (Å²) in [5.41, 5.74) is 4.78. The van der Waals surface area contributed by atoms with Crippen LogP contribution in [0.5, 0.6) is 0 Å². The molecule has 2 aromatic heterocycles. The molecule has 4 rings (SSSR count). The number of hydrogen-bond donors (Lipinski definition) is 2. The van der Waals surface area contributed by atoms with Crippen molar-refractivity contribution in [2.24, 2.45) is 0 Å². The number of nitrogens with one attached hydrogen (secondary N) is 1. The van der Waals surface area contributed by atoms with Crippen LogP contribution < -0.4 is 5.56 Å². The van der Waals surface area contributed by atoms with Gasteiger partial charge in [0, 0.05) is 28.9 Å². The Kier molecular flexibility index (Phi) is 3.49. The zero-order valence-electron chi connectivity index (χ0n) is 13.2. The highest BCUT2D eigenvalue weighted by molar-refractivity contribution is 5.87. The molecule has 24 heavy (non-hydrogen) atoms. The zero-order chi connectivity index (χ0) is 16.7. The summed E-state index contributed by atoms with van der Waals surface area (Å²) in [5, 5.41) is 10.3. The van der Waals surface area contributed by atoms with Crippen LogP contribution >= 0.6 is 0 Å². The molecule has 0 aliphatic heterocycles. The Morgan fingerprint density at radius 2 is 2.00 bits per heavy atom. The molecule has 1 aliphatic rings. The summed E-state index contributed by atoms with van der Waals surface area (Å²) < 4.78 is 1.45. The van der Waals surface area contributed by atoms with Gasteiger partial charge in [0.25, 0.3) is 5.56 Å². The van der Waals surface area contributed by atoms with Crippen molar-refractivity contribution in [3.63, 3.8) is 0 Å². The molecule has 0 saturated heterocycles. The molecule has 0 atom stereocenters. The highest BCUT2D eigenvalue weighted by atomic mass is 16.4. The van der Waals surface area contributed by atoms with Crippen molar-refractivity contribution in [1.29, 1.82) is 0 Å². The van der Waals surface area contributed by atoms with Gasteiger partial charge in [-0.05, 0) is 55.0 Å². The third-order valence-corrected chi connectivity index (χ3v) is 4.75. The average molecular weight is 322 g/mol. The van der Waals surface area contributed by atoms with Crippen LogP contribution in [0.15, 0.2) is 41.3 Å². The van der Waals surface area contributed by atoms with Gasteiger partial charge in [-0.15, -0.1) is 0 Å². The van der Waals surface area contributed by atoms with E-state index in [9.17, 15) is 9.59 Å². The highest BCUT2D eigenvalue weighted by Gasteiger charge is 2.15. The number of pyridine rings is 1. The SMILES string of the molecule is O=C(O)c1ccc(=O)n(Cc2ccc3[nH]c4c(c3c2)CCCC4)c1. The number of rotatable bonds is 3. The standard InChI is InChI=1S/C19H18N2O3/c22-18-8-6-13(19(23)24)11-21(18)10-12-5-7-17-15(9-12)14-3-1-2-4-16(14)20-17/h5-9,11,20H,1-4,10H2,(H,23,24). The second-order valence-corrected chi connectivity index (χ2v) is 6.36. The normalized spacial score (nSPS) is 13.8. The first-order valence-electron chi connectivity index (χ1n) is 8.18. The smallest absolute Gasteiger partial charge is 0.337 e. The molecule has 0 amide bonds. The topological polar surface area (TPSA) is 75.1 Å². The van der Waals surface area contributed by atoms with Crippen molar-refractivity contribution in [3.8, 4) is 0 Å². The minimum absolute atomic E-state index is 0.120. The predicted molar refractivity (Wildman–Crippen MR) is 91.7 cm³/mol. The van der Waals surface area contributed by atoms with Gasteiger partial charge in [0.1, 0.15) is 0 Å². The molecule has 1 aromatic carbocycles. The summed E-state index contributed by atoms with van der Waals surface area (Å²) in [4.78, 5) is 26.6. The molecule has 0 spiro atoms. The van der Waals surface area contributed by atoms with Gasteiger partial charge in [0.2, 0.25) is 0 Å². The summed E-state index contributed by atoms with van der Waals surface area (Å²) in [6.07, 6.45) is 6.03. The fraction of sp³-hybridized carbons (Fsp3) is 0.263. The molecule has 122 valence electrons. The third-order valence-electron chi connectivity index (χ3n) is 4.75. The van der Waals surface area contributed by atoms with Crippen molar-refractivity contribution < 1.29 is 9.90 Å². The molecule has 2 heterocycles. The van der Waals surface area contributed by atoms with E-state index in [0.29, 0.717) is 6.54 Å². The van der Waals surface area contributed by atoms with Gasteiger partial charge in [0.15, 0.2) is 0 Å². The summed E-state index contributed by atoms with van der Waals surface area (Å²) in [6.45, 7) is 0.371. The van der Waals surface area contributed by atoms with E-state index in [1.54, 1.807) is 0 Å². The Bertz CT molecular complexity index is 998. The summed E-state index contributed by atoms with van der Waals surface area (Å²) >= 11 is 0. The summed E-state index contributed by atoms with van der Waals surface area (Å²) in [7, 11) is 0. The van der Waals surface area contributed by atoms with Crippen LogP contribution in [-0.4, -0.2) is 20.6 Å². The molecule has 3 aromatic rings. The van der Waals surface area contributed by atoms with Gasteiger partial charge in [-0.3, -0.25) is 4.79 Å². The number of aromatic amines is 1. The molecule has 0 fully saturated rings. The lowest BCUT2D eigenvalue weighted by molar-refractivity contribution is 0.0696. The van der Waals surface area contributed by atoms with Gasteiger partial charge < -0.3 is 14.7 Å². The number of nitrogens with zero attached hydrogens (tertiary/aromatic N) is 1. The lowest BCUT2D eigenvalue weighted by atomic mass is 9.95. The highest BCUT2D eigenvalue weighted by Crippen LogP contribution is 2.29. The Hall–Kier alpha value is -2.82. The number of hydrogen-bond acceptors (Lipinski definition) is 2. The van der Waals surface area contributed by atoms with Gasteiger partial charge in [0.05, 0.1) is 12.1 Å². The third kappa shape index (κ3) is 2.52. The number of carbonyl (C=O) groups is 1. The van der Waals surface area contributed by atoms with Gasteiger partial charge in [-0.1, -0.05) is 6.07 Å². The second kappa shape index (κ2) is 5.67. The molecule has 5 heteroatoms. The Morgan fingerprint density at radius 1 is 1.17 bits per heavy atom. The van der Waals surface area contributed by atoms with Crippen LogP contribution in [0, 0.1) is 0 Å². The predicted octanol–water partition coefficient (Wildman–Crippen LogP) is 2.95. The molecule has 0 saturated carbocycles. The van der Waals surface area contributed by atoms with Crippen LogP contribution in [0.1, 0.15) is 40.0 Å². The van der Waals surface area contributed by atoms with Gasteiger partial charge in [-0.25, -0.2) is 4.79 Å². The minimum Gasteiger partial charge on any atom is -0.478 e. The number of carboxylic acids is 1. The molecule has 1 aliphatic carbocycles. The maximum Gasteiger partial charge on any atom is 0.337 e. The Labute approximate surface area is 138 Å². The number of aromatic carboxylic acids is 1. The summed E-state index contributed by atoms with van der Waals surface area (Å²) in [6, 6.07) is 8.81. The number of aryl methyl sites for hydroxylation is 2. The number of aromatic nitrogens is 2. The van der Waals surface area contributed by atoms with Crippen molar-refractivity contribution in [2.75, 3.05) is 0 Å². The van der Waals surface area contributed by atoms with E-state index < -0.39 is 5.97 Å². The van der Waals surface area contributed by atoms with E-state index in [0.717, 1.165) is 23.9 Å². The van der Waals surface area contributed by atoms with Crippen LogP contribution in [0.2, 0.25) is 0 Å². The first-order valence-corrected chi connectivity index (χ1v) is 8.18. The van der Waals surface area contributed by atoms with Crippen molar-refractivity contribution >= 4 is 16.9 Å². The zero-order valence-corrected chi connectivity index (χ0v) is 13.2. The number of carboxylic acid groups (broad SMARTS) is 1. The fourth-order valence-corrected chi connectivity index (χ4v) is 3.53. The summed E-state index contributed by atoms with van der Waals surface area (Å²) in [5.74, 6) is -1.03. The van der Waals surface area contributed by atoms with Gasteiger partial charge in [-0.2, -0.15) is 0 Å². The first kappa shape index (κ1) is 14.8.